The van der Waals surface area contributed by atoms with Gasteiger partial charge in [0.15, 0.2) is 0 Å². The van der Waals surface area contributed by atoms with Crippen molar-refractivity contribution in [2.75, 3.05) is 7.11 Å². The van der Waals surface area contributed by atoms with Gasteiger partial charge < -0.3 is 4.74 Å². The molecule has 4 aromatic rings. The molecule has 0 aromatic heterocycles. The second-order valence-corrected chi connectivity index (χ2v) is 12.4. The van der Waals surface area contributed by atoms with E-state index in [4.69, 9.17) is 0 Å². The predicted molar refractivity (Wildman–Crippen MR) is 134 cm³/mol. The molecule has 40 heavy (non-hydrogen) atoms. The quantitative estimate of drug-likeness (QED) is 0.188. The fraction of sp³-hybridized carbons (Fsp3) is 0.192. The normalized spacial score (nSPS) is 13.1. The fourth-order valence-corrected chi connectivity index (χ4v) is 6.28. The highest BCUT2D eigenvalue weighted by Gasteiger charge is 2.51. The van der Waals surface area contributed by atoms with Crippen molar-refractivity contribution in [3.05, 3.63) is 72.3 Å². The minimum atomic E-state index is -6.19. The highest BCUT2D eigenvalue weighted by Crippen LogP contribution is 2.47. The van der Waals surface area contributed by atoms with Gasteiger partial charge in [0.05, 0.1) is 16.9 Å². The maximum Gasteiger partial charge on any atom is 0.501 e. The molecule has 0 bridgehead atoms. The Balaban J connectivity index is 2.20. The Morgan fingerprint density at radius 2 is 1.20 bits per heavy atom. The predicted octanol–water partition coefficient (Wildman–Crippen LogP) is 6.35. The third-order valence-electron chi connectivity index (χ3n) is 6.22. The Morgan fingerprint density at radius 3 is 1.73 bits per heavy atom. The van der Waals surface area contributed by atoms with E-state index in [1.54, 1.807) is 0 Å². The van der Waals surface area contributed by atoms with Crippen molar-refractivity contribution in [3.63, 3.8) is 0 Å². The van der Waals surface area contributed by atoms with E-state index >= 15 is 0 Å². The fourth-order valence-electron chi connectivity index (χ4n) is 4.33. The van der Waals surface area contributed by atoms with Gasteiger partial charge in [0, 0.05) is 17.5 Å². The van der Waals surface area contributed by atoms with Crippen LogP contribution in [0.3, 0.4) is 0 Å². The first-order valence-electron chi connectivity index (χ1n) is 11.3. The second kappa shape index (κ2) is 10.1. The van der Waals surface area contributed by atoms with Gasteiger partial charge in [0.25, 0.3) is 19.7 Å². The number of sulfone groups is 2. The number of ether oxygens (including phenoxy) is 1. The van der Waals surface area contributed by atoms with Gasteiger partial charge in [-0.1, -0.05) is 54.6 Å². The van der Waals surface area contributed by atoms with Crippen molar-refractivity contribution >= 4 is 47.2 Å². The summed E-state index contributed by atoms with van der Waals surface area (Å²) < 4.78 is 138. The van der Waals surface area contributed by atoms with Crippen LogP contribution < -0.4 is 0 Å². The van der Waals surface area contributed by atoms with E-state index in [1.165, 1.54) is 49.6 Å². The summed E-state index contributed by atoms with van der Waals surface area (Å²) >= 11 is 0. The molecule has 0 N–H and O–H groups in total. The number of rotatable bonds is 6. The molecule has 0 aliphatic rings. The molecule has 6 nitrogen and oxygen atoms in total. The lowest BCUT2D eigenvalue weighted by Crippen LogP contribution is -2.25. The SMILES string of the molecule is COC(=O)CCc1ccc2c(-c3c(S(=O)(=O)C(F)(F)F)ccc4ccccc34)c(S(=O)(=O)C(F)(F)F)ccc2c1. The zero-order valence-corrected chi connectivity index (χ0v) is 21.9. The Kier molecular flexibility index (Phi) is 7.39. The van der Waals surface area contributed by atoms with Gasteiger partial charge in [-0.3, -0.25) is 4.79 Å². The molecule has 0 radical (unpaired) electrons. The van der Waals surface area contributed by atoms with Crippen LogP contribution in [-0.2, 0) is 35.6 Å². The maximum atomic E-state index is 13.8. The van der Waals surface area contributed by atoms with Crippen LogP contribution in [0.5, 0.6) is 0 Å². The van der Waals surface area contributed by atoms with Crippen LogP contribution in [0.1, 0.15) is 12.0 Å². The van der Waals surface area contributed by atoms with Gasteiger partial charge in [-0.25, -0.2) is 16.8 Å². The number of benzene rings is 4. The van der Waals surface area contributed by atoms with Gasteiger partial charge in [-0.05, 0) is 45.7 Å². The number of aryl methyl sites for hydroxylation is 1. The number of fused-ring (bicyclic) bond motifs is 2. The summed E-state index contributed by atoms with van der Waals surface area (Å²) in [6.07, 6.45) is 0.0647. The average molecular weight is 605 g/mol. The first-order chi connectivity index (χ1) is 18.5. The number of alkyl halides is 6. The number of carbonyl (C=O) groups is 1. The number of halogens is 6. The van der Waals surface area contributed by atoms with Crippen LogP contribution in [0.2, 0.25) is 0 Å². The highest BCUT2D eigenvalue weighted by atomic mass is 32.2. The topological polar surface area (TPSA) is 94.6 Å². The summed E-state index contributed by atoms with van der Waals surface area (Å²) in [7, 11) is -11.2. The van der Waals surface area contributed by atoms with E-state index < -0.39 is 57.6 Å². The third-order valence-corrected chi connectivity index (χ3v) is 9.28. The van der Waals surface area contributed by atoms with Crippen LogP contribution in [0.15, 0.2) is 76.5 Å². The Bertz CT molecular complexity index is 1860. The molecular weight excluding hydrogens is 586 g/mol. The van der Waals surface area contributed by atoms with Gasteiger partial charge in [-0.15, -0.1) is 0 Å². The third kappa shape index (κ3) is 5.01. The minimum Gasteiger partial charge on any atom is -0.469 e. The van der Waals surface area contributed by atoms with Crippen molar-refractivity contribution in [2.24, 2.45) is 0 Å². The first kappa shape index (κ1) is 29.3. The van der Waals surface area contributed by atoms with Crippen molar-refractivity contribution in [1.29, 1.82) is 0 Å². The van der Waals surface area contributed by atoms with E-state index in [0.717, 1.165) is 12.1 Å². The van der Waals surface area contributed by atoms with Crippen LogP contribution >= 0.6 is 0 Å². The van der Waals surface area contributed by atoms with Crippen LogP contribution in [0.4, 0.5) is 26.3 Å². The standard InChI is InChI=1S/C26H18F6O6S2/c1-38-22(33)13-7-15-6-10-19-17(14-15)9-12-21(40(36,37)26(30,31)32)24(19)23-18-5-3-2-4-16(18)8-11-20(23)39(34,35)25(27,28)29/h2-6,8-12,14H,7,13H2,1H3. The van der Waals surface area contributed by atoms with Crippen molar-refractivity contribution in [2.45, 2.75) is 33.6 Å². The summed E-state index contributed by atoms with van der Waals surface area (Å²) in [6, 6.07) is 12.6. The average Bonchev–Trinajstić information content (AvgIpc) is 2.88. The maximum absolute atomic E-state index is 13.8. The summed E-state index contributed by atoms with van der Waals surface area (Å²) in [5, 5.41) is -0.210. The number of esters is 1. The van der Waals surface area contributed by atoms with E-state index in [0.29, 0.717) is 17.7 Å². The molecular formula is C26H18F6O6S2. The lowest BCUT2D eigenvalue weighted by atomic mass is 9.92. The minimum absolute atomic E-state index is 0.0628. The number of carbonyl (C=O) groups excluding carboxylic acids is 1. The molecule has 212 valence electrons. The molecule has 14 heteroatoms. The molecule has 0 atom stereocenters. The summed E-state index contributed by atoms with van der Waals surface area (Å²) in [4.78, 5) is 8.71. The lowest BCUT2D eigenvalue weighted by Gasteiger charge is -2.21. The summed E-state index contributed by atoms with van der Waals surface area (Å²) in [6.45, 7) is 0. The Hall–Kier alpha value is -3.65. The Morgan fingerprint density at radius 1 is 0.700 bits per heavy atom. The molecule has 0 spiro atoms. The molecule has 0 fully saturated rings. The van der Waals surface area contributed by atoms with Crippen LogP contribution in [0.25, 0.3) is 32.7 Å². The molecule has 0 aliphatic heterocycles. The zero-order chi connectivity index (χ0) is 29.7. The van der Waals surface area contributed by atoms with Gasteiger partial charge in [0.1, 0.15) is 0 Å². The van der Waals surface area contributed by atoms with Gasteiger partial charge in [-0.2, -0.15) is 26.3 Å². The molecule has 0 heterocycles. The molecule has 0 unspecified atom stereocenters. The zero-order valence-electron chi connectivity index (χ0n) is 20.3. The summed E-state index contributed by atoms with van der Waals surface area (Å²) in [5.41, 5.74) is -12.9. The highest BCUT2D eigenvalue weighted by molar-refractivity contribution is 7.93. The van der Waals surface area contributed by atoms with E-state index in [-0.39, 0.29) is 34.4 Å². The lowest BCUT2D eigenvalue weighted by molar-refractivity contribution is -0.140. The van der Waals surface area contributed by atoms with Crippen LogP contribution in [0, 0.1) is 0 Å². The molecule has 0 saturated carbocycles. The smallest absolute Gasteiger partial charge is 0.469 e. The van der Waals surface area contributed by atoms with Crippen molar-refractivity contribution < 1.29 is 52.7 Å². The molecule has 0 aliphatic carbocycles. The van der Waals surface area contributed by atoms with E-state index in [2.05, 4.69) is 4.74 Å². The molecule has 4 aromatic carbocycles. The van der Waals surface area contributed by atoms with Gasteiger partial charge >= 0.3 is 17.0 Å². The number of hydrogen-bond acceptors (Lipinski definition) is 6. The molecule has 0 amide bonds. The number of methoxy groups -OCH3 is 1. The van der Waals surface area contributed by atoms with E-state index in [1.807, 2.05) is 0 Å². The van der Waals surface area contributed by atoms with E-state index in [9.17, 15) is 48.0 Å². The number of hydrogen-bond donors (Lipinski definition) is 0. The van der Waals surface area contributed by atoms with Crippen molar-refractivity contribution in [1.82, 2.24) is 0 Å². The second-order valence-electron chi connectivity index (χ2n) is 8.63. The Labute approximate surface area is 224 Å². The molecule has 0 saturated heterocycles. The van der Waals surface area contributed by atoms with Gasteiger partial charge in [0.2, 0.25) is 0 Å². The largest absolute Gasteiger partial charge is 0.501 e. The van der Waals surface area contributed by atoms with Crippen LogP contribution in [-0.4, -0.2) is 40.9 Å². The monoisotopic (exact) mass is 604 g/mol. The summed E-state index contributed by atoms with van der Waals surface area (Å²) in [5.74, 6) is -0.551. The molecule has 4 rings (SSSR count). The van der Waals surface area contributed by atoms with Crippen molar-refractivity contribution in [3.8, 4) is 11.1 Å². The first-order valence-corrected chi connectivity index (χ1v) is 14.2.